The number of nitrogens with zero attached hydrogens (tertiary/aromatic N) is 2. The minimum Gasteiger partial charge on any atom is -0.486 e. The molecule has 0 aliphatic heterocycles. The number of ether oxygens (including phenoxy) is 1. The van der Waals surface area contributed by atoms with Crippen LogP contribution in [-0.2, 0) is 13.2 Å². The van der Waals surface area contributed by atoms with E-state index in [2.05, 4.69) is 4.98 Å². The van der Waals surface area contributed by atoms with Gasteiger partial charge in [0, 0.05) is 11.4 Å². The third kappa shape index (κ3) is 5.41. The van der Waals surface area contributed by atoms with Gasteiger partial charge in [-0.25, -0.2) is 9.37 Å². The van der Waals surface area contributed by atoms with E-state index in [0.717, 1.165) is 22.9 Å². The van der Waals surface area contributed by atoms with Crippen molar-refractivity contribution >= 4 is 17.2 Å². The predicted molar refractivity (Wildman–Crippen MR) is 114 cm³/mol. The lowest BCUT2D eigenvalue weighted by molar-refractivity contribution is 0.0664. The van der Waals surface area contributed by atoms with E-state index in [4.69, 9.17) is 4.74 Å². The summed E-state index contributed by atoms with van der Waals surface area (Å²) in [7, 11) is 0. The van der Waals surface area contributed by atoms with Crippen molar-refractivity contribution in [2.24, 2.45) is 0 Å². The largest absolute Gasteiger partial charge is 0.486 e. The summed E-state index contributed by atoms with van der Waals surface area (Å²) in [4.78, 5) is 19.2. The number of carbonyl (C=O) groups excluding carboxylic acids is 1. The monoisotopic (exact) mass is 412 g/mol. The summed E-state index contributed by atoms with van der Waals surface area (Å²) in [5, 5.41) is 2.76. The number of hydrogen-bond acceptors (Lipinski definition) is 4. The first-order valence-corrected chi connectivity index (χ1v) is 10.5. The van der Waals surface area contributed by atoms with Crippen molar-refractivity contribution in [3.05, 3.63) is 81.6 Å². The Morgan fingerprint density at radius 1 is 1.21 bits per heavy atom. The summed E-state index contributed by atoms with van der Waals surface area (Å²) < 4.78 is 19.9. The molecule has 0 bridgehead atoms. The van der Waals surface area contributed by atoms with Crippen LogP contribution in [0, 0.1) is 12.7 Å². The third-order valence-corrected chi connectivity index (χ3v) is 5.67. The van der Waals surface area contributed by atoms with Gasteiger partial charge in [0.25, 0.3) is 5.91 Å². The number of benzene rings is 2. The zero-order valence-corrected chi connectivity index (χ0v) is 17.7. The SMILES string of the molecule is CCC(C)N(Cc1csc(COc2ccc(C)cc2)n1)C(=O)c1ccccc1F. The van der Waals surface area contributed by atoms with Gasteiger partial charge in [0.2, 0.25) is 0 Å². The number of hydrogen-bond donors (Lipinski definition) is 0. The molecule has 0 radical (unpaired) electrons. The number of aromatic nitrogens is 1. The van der Waals surface area contributed by atoms with E-state index in [-0.39, 0.29) is 17.5 Å². The lowest BCUT2D eigenvalue weighted by Gasteiger charge is -2.28. The molecule has 0 aliphatic rings. The lowest BCUT2D eigenvalue weighted by Crippen LogP contribution is -2.38. The van der Waals surface area contributed by atoms with Gasteiger partial charge in [-0.15, -0.1) is 11.3 Å². The van der Waals surface area contributed by atoms with Crippen LogP contribution in [0.25, 0.3) is 0 Å². The zero-order chi connectivity index (χ0) is 20.8. The second-order valence-electron chi connectivity index (χ2n) is 7.00. The molecule has 6 heteroatoms. The van der Waals surface area contributed by atoms with E-state index in [1.54, 1.807) is 17.0 Å². The van der Waals surface area contributed by atoms with E-state index in [1.807, 2.05) is 50.4 Å². The second-order valence-corrected chi connectivity index (χ2v) is 7.95. The van der Waals surface area contributed by atoms with Crippen LogP contribution >= 0.6 is 11.3 Å². The Morgan fingerprint density at radius 3 is 2.62 bits per heavy atom. The van der Waals surface area contributed by atoms with Crippen LogP contribution in [-0.4, -0.2) is 21.8 Å². The smallest absolute Gasteiger partial charge is 0.257 e. The average Bonchev–Trinajstić information content (AvgIpc) is 3.18. The molecule has 0 N–H and O–H groups in total. The van der Waals surface area contributed by atoms with Crippen LogP contribution in [0.4, 0.5) is 4.39 Å². The van der Waals surface area contributed by atoms with Crippen LogP contribution in [0.15, 0.2) is 53.9 Å². The van der Waals surface area contributed by atoms with Gasteiger partial charge in [-0.1, -0.05) is 36.8 Å². The van der Waals surface area contributed by atoms with E-state index < -0.39 is 5.82 Å². The van der Waals surface area contributed by atoms with Gasteiger partial charge in [-0.2, -0.15) is 0 Å². The van der Waals surface area contributed by atoms with Crippen molar-refractivity contribution in [2.75, 3.05) is 0 Å². The predicted octanol–water partition coefficient (Wildman–Crippen LogP) is 5.61. The minimum atomic E-state index is -0.503. The maximum absolute atomic E-state index is 14.1. The quantitative estimate of drug-likeness (QED) is 0.483. The maximum atomic E-state index is 14.1. The Kier molecular flexibility index (Phi) is 6.99. The molecule has 1 amide bonds. The Hall–Kier alpha value is -2.73. The van der Waals surface area contributed by atoms with Gasteiger partial charge in [0.15, 0.2) is 0 Å². The van der Waals surface area contributed by atoms with Gasteiger partial charge >= 0.3 is 0 Å². The third-order valence-electron chi connectivity index (χ3n) is 4.80. The Morgan fingerprint density at radius 2 is 1.93 bits per heavy atom. The van der Waals surface area contributed by atoms with Crippen LogP contribution in [0.3, 0.4) is 0 Å². The summed E-state index contributed by atoms with van der Waals surface area (Å²) in [5.74, 6) is -0.0255. The molecule has 4 nitrogen and oxygen atoms in total. The molecule has 1 aromatic heterocycles. The summed E-state index contributed by atoms with van der Waals surface area (Å²) >= 11 is 1.50. The molecular weight excluding hydrogens is 387 g/mol. The highest BCUT2D eigenvalue weighted by atomic mass is 32.1. The molecule has 3 aromatic rings. The average molecular weight is 413 g/mol. The highest BCUT2D eigenvalue weighted by Gasteiger charge is 2.24. The molecule has 152 valence electrons. The maximum Gasteiger partial charge on any atom is 0.257 e. The minimum absolute atomic E-state index is 0.0314. The van der Waals surface area contributed by atoms with Crippen molar-refractivity contribution in [1.29, 1.82) is 0 Å². The highest BCUT2D eigenvalue weighted by Crippen LogP contribution is 2.20. The molecule has 1 heterocycles. The van der Waals surface area contributed by atoms with Crippen molar-refractivity contribution < 1.29 is 13.9 Å². The number of thiazole rings is 1. The summed E-state index contributed by atoms with van der Waals surface area (Å²) in [6, 6.07) is 13.9. The molecule has 2 aromatic carbocycles. The van der Waals surface area contributed by atoms with Gasteiger partial charge in [0.05, 0.1) is 17.8 Å². The number of amides is 1. The fourth-order valence-corrected chi connectivity index (χ4v) is 3.58. The summed E-state index contributed by atoms with van der Waals surface area (Å²) in [5.41, 5.74) is 2.05. The highest BCUT2D eigenvalue weighted by molar-refractivity contribution is 7.09. The number of halogens is 1. The standard InChI is InChI=1S/C23H25FN2O2S/c1-4-17(3)26(23(27)20-7-5-6-8-21(20)24)13-18-15-29-22(25-18)14-28-19-11-9-16(2)10-12-19/h5-12,15,17H,4,13-14H2,1-3H3. The first-order valence-electron chi connectivity index (χ1n) is 9.66. The number of aryl methyl sites for hydroxylation is 1. The fourth-order valence-electron chi connectivity index (χ4n) is 2.88. The molecule has 3 rings (SSSR count). The number of rotatable bonds is 8. The molecule has 0 saturated carbocycles. The number of carbonyl (C=O) groups is 1. The normalized spacial score (nSPS) is 11.9. The molecule has 29 heavy (non-hydrogen) atoms. The Bertz CT molecular complexity index is 956. The van der Waals surface area contributed by atoms with E-state index in [1.165, 1.54) is 29.0 Å². The molecule has 0 aliphatic carbocycles. The second kappa shape index (κ2) is 9.65. The molecule has 0 saturated heterocycles. The van der Waals surface area contributed by atoms with E-state index >= 15 is 0 Å². The molecular formula is C23H25FN2O2S. The van der Waals surface area contributed by atoms with Crippen LogP contribution in [0.5, 0.6) is 5.75 Å². The van der Waals surface area contributed by atoms with Gasteiger partial charge < -0.3 is 9.64 Å². The first kappa shape index (κ1) is 21.0. The summed E-state index contributed by atoms with van der Waals surface area (Å²) in [6.45, 7) is 6.71. The molecule has 0 spiro atoms. The first-order chi connectivity index (χ1) is 14.0. The van der Waals surface area contributed by atoms with Gasteiger partial charge in [-0.05, 0) is 44.5 Å². The van der Waals surface area contributed by atoms with E-state index in [9.17, 15) is 9.18 Å². The fraction of sp³-hybridized carbons (Fsp3) is 0.304. The van der Waals surface area contributed by atoms with Crippen molar-refractivity contribution in [1.82, 2.24) is 9.88 Å². The van der Waals surface area contributed by atoms with Crippen LogP contribution < -0.4 is 4.74 Å². The van der Waals surface area contributed by atoms with Crippen molar-refractivity contribution in [2.45, 2.75) is 46.4 Å². The topological polar surface area (TPSA) is 42.4 Å². The molecule has 0 fully saturated rings. The van der Waals surface area contributed by atoms with Crippen molar-refractivity contribution in [3.8, 4) is 5.75 Å². The summed E-state index contributed by atoms with van der Waals surface area (Å²) in [6.07, 6.45) is 0.772. The van der Waals surface area contributed by atoms with Crippen LogP contribution in [0.1, 0.15) is 46.9 Å². The van der Waals surface area contributed by atoms with Gasteiger partial charge in [-0.3, -0.25) is 4.79 Å². The van der Waals surface area contributed by atoms with Crippen molar-refractivity contribution in [3.63, 3.8) is 0 Å². The molecule has 1 atom stereocenters. The Labute approximate surface area is 175 Å². The zero-order valence-electron chi connectivity index (χ0n) is 16.9. The molecule has 1 unspecified atom stereocenters. The van der Waals surface area contributed by atoms with Gasteiger partial charge in [0.1, 0.15) is 23.2 Å². The lowest BCUT2D eigenvalue weighted by atomic mass is 10.1. The van der Waals surface area contributed by atoms with E-state index in [0.29, 0.717) is 13.2 Å². The van der Waals surface area contributed by atoms with Crippen LogP contribution in [0.2, 0.25) is 0 Å². The Balaban J connectivity index is 1.69.